The monoisotopic (exact) mass is 521 g/mol. The van der Waals surface area contributed by atoms with Gasteiger partial charge in [-0.1, -0.05) is 6.07 Å². The van der Waals surface area contributed by atoms with E-state index >= 15 is 4.39 Å². The molecule has 8 nitrogen and oxygen atoms in total. The molecule has 3 aliphatic rings. The van der Waals surface area contributed by atoms with Crippen LogP contribution in [0.4, 0.5) is 4.39 Å². The lowest BCUT2D eigenvalue weighted by molar-refractivity contribution is -0.141. The highest BCUT2D eigenvalue weighted by Gasteiger charge is 2.32. The average Bonchev–Trinajstić information content (AvgIpc) is 3.67. The topological polar surface area (TPSA) is 85.3 Å². The molecule has 1 aromatic heterocycles. The Balaban J connectivity index is 1.17. The molecule has 1 fully saturated rings. The fraction of sp³-hybridized carbons (Fsp3) is 0.379. The predicted octanol–water partition coefficient (Wildman–Crippen LogP) is 5.29. The minimum Gasteiger partial charge on any atom is -0.492 e. The van der Waals surface area contributed by atoms with Crippen LogP contribution in [0.1, 0.15) is 48.0 Å². The first-order chi connectivity index (χ1) is 18.6. The highest BCUT2D eigenvalue weighted by molar-refractivity contribution is 5.71. The summed E-state index contributed by atoms with van der Waals surface area (Å²) in [6, 6.07) is 12.1. The number of hydrogen-bond acceptors (Lipinski definition) is 8. The Labute approximate surface area is 219 Å². The number of hydrogen-bond donors (Lipinski definition) is 0. The third kappa shape index (κ3) is 4.98. The Hall–Kier alpha value is -3.85. The van der Waals surface area contributed by atoms with Gasteiger partial charge in [0.1, 0.15) is 41.0 Å². The van der Waals surface area contributed by atoms with Gasteiger partial charge in [-0.3, -0.25) is 4.79 Å². The smallest absolute Gasteiger partial charge is 0.306 e. The molecule has 6 rings (SSSR count). The molecule has 198 valence electrons. The second-order valence-electron chi connectivity index (χ2n) is 9.61. The maximum Gasteiger partial charge on any atom is 0.306 e. The van der Waals surface area contributed by atoms with Crippen LogP contribution >= 0.6 is 0 Å². The number of rotatable bonds is 8. The number of esters is 1. The minimum atomic E-state index is -0.461. The van der Waals surface area contributed by atoms with E-state index in [4.69, 9.17) is 28.4 Å². The number of carbonyl (C=O) groups is 1. The number of methoxy groups -OCH3 is 1. The van der Waals surface area contributed by atoms with E-state index in [1.54, 1.807) is 30.5 Å². The highest BCUT2D eigenvalue weighted by atomic mass is 19.1. The fourth-order valence-electron chi connectivity index (χ4n) is 5.23. The molecule has 2 aromatic carbocycles. The van der Waals surface area contributed by atoms with E-state index in [9.17, 15) is 4.79 Å². The van der Waals surface area contributed by atoms with E-state index in [0.717, 1.165) is 17.5 Å². The first kappa shape index (κ1) is 24.5. The van der Waals surface area contributed by atoms with Gasteiger partial charge in [-0.15, -0.1) is 0 Å². The Kier molecular flexibility index (Phi) is 6.76. The first-order valence-electron chi connectivity index (χ1n) is 12.8. The van der Waals surface area contributed by atoms with Gasteiger partial charge in [-0.05, 0) is 37.1 Å². The third-order valence-corrected chi connectivity index (χ3v) is 7.13. The van der Waals surface area contributed by atoms with Crippen LogP contribution in [0.15, 0.2) is 48.7 Å². The van der Waals surface area contributed by atoms with Gasteiger partial charge in [-0.25, -0.2) is 9.37 Å². The van der Waals surface area contributed by atoms with E-state index in [1.165, 1.54) is 13.2 Å². The molecule has 0 spiro atoms. The lowest BCUT2D eigenvalue weighted by atomic mass is 9.98. The van der Waals surface area contributed by atoms with E-state index in [-0.39, 0.29) is 30.2 Å². The fourth-order valence-corrected chi connectivity index (χ4v) is 5.23. The maximum absolute atomic E-state index is 15.0. The van der Waals surface area contributed by atoms with Crippen LogP contribution in [0, 0.1) is 5.82 Å². The first-order valence-corrected chi connectivity index (χ1v) is 12.8. The van der Waals surface area contributed by atoms with E-state index in [0.29, 0.717) is 67.1 Å². The van der Waals surface area contributed by atoms with Gasteiger partial charge in [0, 0.05) is 47.4 Å². The van der Waals surface area contributed by atoms with E-state index in [2.05, 4.69) is 4.98 Å². The number of fused-ring (bicyclic) bond motifs is 2. The van der Waals surface area contributed by atoms with Crippen molar-refractivity contribution < 1.29 is 37.6 Å². The van der Waals surface area contributed by atoms with Crippen molar-refractivity contribution in [3.05, 3.63) is 71.2 Å². The van der Waals surface area contributed by atoms with E-state index < -0.39 is 6.10 Å². The highest BCUT2D eigenvalue weighted by Crippen LogP contribution is 2.44. The zero-order valence-electron chi connectivity index (χ0n) is 21.0. The SMILES string of the molecule is COC(=O)CC1COc2cc(O[C@@H]3CCc4c(Oc5ccnc(OC6CCOC6)c5)ccc(F)c43)ccc21. The second-order valence-corrected chi connectivity index (χ2v) is 9.61. The molecular formula is C29H28FNO7. The summed E-state index contributed by atoms with van der Waals surface area (Å²) < 4.78 is 49.2. The van der Waals surface area contributed by atoms with Gasteiger partial charge >= 0.3 is 5.97 Å². The Morgan fingerprint density at radius 3 is 2.84 bits per heavy atom. The molecule has 0 N–H and O–H groups in total. The molecule has 3 aromatic rings. The molecule has 38 heavy (non-hydrogen) atoms. The average molecular weight is 522 g/mol. The molecule has 1 aliphatic carbocycles. The quantitative estimate of drug-likeness (QED) is 0.370. The summed E-state index contributed by atoms with van der Waals surface area (Å²) in [6.45, 7) is 1.63. The van der Waals surface area contributed by atoms with Crippen LogP contribution in [0.5, 0.6) is 28.9 Å². The maximum atomic E-state index is 15.0. The Morgan fingerprint density at radius 1 is 1.08 bits per heavy atom. The standard InChI is InChI=1S/C29H28FNO7/c1-33-28(32)12-17-15-35-26-13-18(2-3-21(17)26)37-25-6-4-22-24(7-5-23(30)29(22)25)36-19-8-10-31-27(14-19)38-20-9-11-34-16-20/h2-3,5,7-8,10,13-14,17,20,25H,4,6,9,11-12,15-16H2,1H3/t17?,20?,25-/m1/s1. The lowest BCUT2D eigenvalue weighted by Crippen LogP contribution is -2.16. The molecule has 2 aliphatic heterocycles. The van der Waals surface area contributed by atoms with Crippen LogP contribution in [0.3, 0.4) is 0 Å². The van der Waals surface area contributed by atoms with Gasteiger partial charge in [0.25, 0.3) is 0 Å². The van der Waals surface area contributed by atoms with Crippen molar-refractivity contribution in [2.24, 2.45) is 0 Å². The second kappa shape index (κ2) is 10.5. The Bertz CT molecular complexity index is 1340. The van der Waals surface area contributed by atoms with E-state index in [1.807, 2.05) is 12.1 Å². The summed E-state index contributed by atoms with van der Waals surface area (Å²) in [7, 11) is 1.38. The number of nitrogens with zero attached hydrogens (tertiary/aromatic N) is 1. The van der Waals surface area contributed by atoms with Crippen molar-refractivity contribution in [2.45, 2.75) is 43.8 Å². The predicted molar refractivity (Wildman–Crippen MR) is 134 cm³/mol. The Morgan fingerprint density at radius 2 is 2.00 bits per heavy atom. The van der Waals surface area contributed by atoms with Crippen molar-refractivity contribution in [2.75, 3.05) is 26.9 Å². The molecule has 3 atom stereocenters. The van der Waals surface area contributed by atoms with Crippen molar-refractivity contribution in [3.8, 4) is 28.9 Å². The van der Waals surface area contributed by atoms with Crippen LogP contribution in [0.25, 0.3) is 0 Å². The van der Waals surface area contributed by atoms with Crippen molar-refractivity contribution in [1.82, 2.24) is 4.98 Å². The summed E-state index contributed by atoms with van der Waals surface area (Å²) in [4.78, 5) is 16.0. The number of halogens is 1. The summed E-state index contributed by atoms with van der Waals surface area (Å²) in [6.07, 6.45) is 3.46. The summed E-state index contributed by atoms with van der Waals surface area (Å²) in [5.74, 6) is 2.20. The van der Waals surface area contributed by atoms with Crippen molar-refractivity contribution in [1.29, 1.82) is 0 Å². The van der Waals surface area contributed by atoms with Crippen LogP contribution in [0.2, 0.25) is 0 Å². The minimum absolute atomic E-state index is 0.0194. The molecule has 0 saturated carbocycles. The lowest BCUT2D eigenvalue weighted by Gasteiger charge is -2.17. The van der Waals surface area contributed by atoms with Gasteiger partial charge < -0.3 is 28.4 Å². The van der Waals surface area contributed by atoms with Gasteiger partial charge in [0.15, 0.2) is 0 Å². The van der Waals surface area contributed by atoms with Gasteiger partial charge in [-0.2, -0.15) is 0 Å². The van der Waals surface area contributed by atoms with Gasteiger partial charge in [0.2, 0.25) is 5.88 Å². The molecule has 0 bridgehead atoms. The zero-order chi connectivity index (χ0) is 26.1. The molecule has 2 unspecified atom stereocenters. The van der Waals surface area contributed by atoms with Crippen LogP contribution in [-0.2, 0) is 20.7 Å². The number of aromatic nitrogens is 1. The molecule has 0 radical (unpaired) electrons. The van der Waals surface area contributed by atoms with Crippen LogP contribution < -0.4 is 18.9 Å². The zero-order valence-corrected chi connectivity index (χ0v) is 21.0. The summed E-state index contributed by atoms with van der Waals surface area (Å²) >= 11 is 0. The summed E-state index contributed by atoms with van der Waals surface area (Å²) in [5, 5.41) is 0. The molecule has 9 heteroatoms. The normalized spacial score (nSPS) is 21.4. The number of carbonyl (C=O) groups excluding carboxylic acids is 1. The summed E-state index contributed by atoms with van der Waals surface area (Å²) in [5.41, 5.74) is 2.23. The van der Waals surface area contributed by atoms with Crippen molar-refractivity contribution >= 4 is 5.97 Å². The van der Waals surface area contributed by atoms with Crippen molar-refractivity contribution in [3.63, 3.8) is 0 Å². The molecule has 1 saturated heterocycles. The molecular weight excluding hydrogens is 493 g/mol. The number of ether oxygens (including phenoxy) is 6. The number of benzene rings is 2. The number of pyridine rings is 1. The third-order valence-electron chi connectivity index (χ3n) is 7.13. The molecule has 0 amide bonds. The largest absolute Gasteiger partial charge is 0.492 e. The van der Waals surface area contributed by atoms with Gasteiger partial charge in [0.05, 0.1) is 33.4 Å². The molecule has 3 heterocycles. The van der Waals surface area contributed by atoms with Crippen LogP contribution in [-0.4, -0.2) is 44.0 Å².